The highest BCUT2D eigenvalue weighted by Gasteiger charge is 2.11. The molecule has 0 radical (unpaired) electrons. The van der Waals surface area contributed by atoms with Gasteiger partial charge in [-0.05, 0) is 35.9 Å². The van der Waals surface area contributed by atoms with Crippen LogP contribution in [0.2, 0.25) is 0 Å². The molecule has 1 fully saturated rings. The average Bonchev–Trinajstić information content (AvgIpc) is 2.74. The fourth-order valence-corrected chi connectivity index (χ4v) is 3.46. The van der Waals surface area contributed by atoms with E-state index in [0.29, 0.717) is 13.1 Å². The van der Waals surface area contributed by atoms with Crippen LogP contribution in [0.4, 0.5) is 4.39 Å². The first-order chi connectivity index (χ1) is 14.5. The van der Waals surface area contributed by atoms with Crippen LogP contribution in [0.5, 0.6) is 5.75 Å². The van der Waals surface area contributed by atoms with Crippen molar-refractivity contribution >= 4 is 5.91 Å². The second-order valence-electron chi connectivity index (χ2n) is 7.62. The van der Waals surface area contributed by atoms with E-state index in [-0.39, 0.29) is 18.2 Å². The van der Waals surface area contributed by atoms with Crippen molar-refractivity contribution in [1.82, 2.24) is 15.1 Å². The van der Waals surface area contributed by atoms with E-state index in [4.69, 9.17) is 9.47 Å². The molecule has 0 aliphatic carbocycles. The first-order valence-electron chi connectivity index (χ1n) is 10.2. The Morgan fingerprint density at radius 1 is 1.13 bits per heavy atom. The van der Waals surface area contributed by atoms with Gasteiger partial charge in [0.2, 0.25) is 5.91 Å². The third-order valence-electron chi connectivity index (χ3n) is 5.10. The van der Waals surface area contributed by atoms with Gasteiger partial charge in [-0.2, -0.15) is 0 Å². The number of morpholine rings is 1. The molecule has 0 atom stereocenters. The average molecular weight is 416 g/mol. The number of nitrogens with one attached hydrogen (secondary N) is 1. The molecule has 0 aromatic heterocycles. The van der Waals surface area contributed by atoms with E-state index < -0.39 is 5.82 Å². The molecule has 1 aliphatic rings. The third kappa shape index (κ3) is 6.79. The minimum Gasteiger partial charge on any atom is -0.494 e. The quantitative estimate of drug-likeness (QED) is 0.682. The molecule has 1 N–H and O–H groups in total. The molecule has 1 heterocycles. The highest BCUT2D eigenvalue weighted by atomic mass is 19.1. The summed E-state index contributed by atoms with van der Waals surface area (Å²) in [7, 11) is 3.27. The van der Waals surface area contributed by atoms with E-state index in [1.165, 1.54) is 18.7 Å². The van der Waals surface area contributed by atoms with Crippen LogP contribution in [-0.4, -0.2) is 62.7 Å². The second-order valence-corrected chi connectivity index (χ2v) is 7.62. The van der Waals surface area contributed by atoms with Crippen LogP contribution in [0.1, 0.15) is 16.7 Å². The molecule has 3 rings (SSSR count). The number of carbonyl (C=O) groups is 1. The molecular formula is C23H30FN3O3. The van der Waals surface area contributed by atoms with Gasteiger partial charge in [-0.25, -0.2) is 4.39 Å². The van der Waals surface area contributed by atoms with E-state index in [2.05, 4.69) is 34.5 Å². The summed E-state index contributed by atoms with van der Waals surface area (Å²) >= 11 is 0. The Labute approximate surface area is 177 Å². The standard InChI is InChI=1S/C23H30FN3O3/c1-26(15-20-7-8-22(29-2)21(24)13-20)17-23(28)25-14-18-3-5-19(6-4-18)16-27-9-11-30-12-10-27/h3-8,13H,9-12,14-17H2,1-2H3,(H,25,28). The summed E-state index contributed by atoms with van der Waals surface area (Å²) in [6.45, 7) is 5.66. The molecule has 2 aromatic rings. The number of nitrogens with zero attached hydrogens (tertiary/aromatic N) is 2. The number of rotatable bonds is 9. The monoisotopic (exact) mass is 415 g/mol. The molecule has 162 valence electrons. The number of likely N-dealkylation sites (N-methyl/N-ethyl adjacent to an activating group) is 1. The Kier molecular flexibility index (Phi) is 8.19. The van der Waals surface area contributed by atoms with Crippen molar-refractivity contribution in [1.29, 1.82) is 0 Å². The highest BCUT2D eigenvalue weighted by molar-refractivity contribution is 5.77. The summed E-state index contributed by atoms with van der Waals surface area (Å²) in [5.41, 5.74) is 3.12. The van der Waals surface area contributed by atoms with E-state index in [0.717, 1.165) is 44.0 Å². The van der Waals surface area contributed by atoms with Gasteiger partial charge in [0.05, 0.1) is 26.9 Å². The molecular weight excluding hydrogens is 385 g/mol. The number of carbonyl (C=O) groups excluding carboxylic acids is 1. The summed E-state index contributed by atoms with van der Waals surface area (Å²) in [6.07, 6.45) is 0. The van der Waals surface area contributed by atoms with Gasteiger partial charge in [-0.3, -0.25) is 14.6 Å². The SMILES string of the molecule is COc1ccc(CN(C)CC(=O)NCc2ccc(CN3CCOCC3)cc2)cc1F. The van der Waals surface area contributed by atoms with Crippen molar-refractivity contribution in [2.75, 3.05) is 47.0 Å². The van der Waals surface area contributed by atoms with Crippen LogP contribution in [0.15, 0.2) is 42.5 Å². The number of halogens is 1. The Balaban J connectivity index is 1.40. The highest BCUT2D eigenvalue weighted by Crippen LogP contribution is 2.18. The lowest BCUT2D eigenvalue weighted by atomic mass is 10.1. The number of amides is 1. The predicted octanol–water partition coefficient (Wildman–Crippen LogP) is 2.41. The fourth-order valence-electron chi connectivity index (χ4n) is 3.46. The van der Waals surface area contributed by atoms with Crippen LogP contribution in [0.25, 0.3) is 0 Å². The molecule has 0 spiro atoms. The van der Waals surface area contributed by atoms with Crippen LogP contribution in [0, 0.1) is 5.82 Å². The maximum absolute atomic E-state index is 13.8. The molecule has 2 aromatic carbocycles. The maximum atomic E-state index is 13.8. The molecule has 0 unspecified atom stereocenters. The zero-order valence-corrected chi connectivity index (χ0v) is 17.7. The number of ether oxygens (including phenoxy) is 2. The van der Waals surface area contributed by atoms with Gasteiger partial charge >= 0.3 is 0 Å². The van der Waals surface area contributed by atoms with Crippen molar-refractivity contribution < 1.29 is 18.7 Å². The Hall–Kier alpha value is -2.48. The fraction of sp³-hybridized carbons (Fsp3) is 0.435. The molecule has 0 saturated carbocycles. The summed E-state index contributed by atoms with van der Waals surface area (Å²) in [5.74, 6) is -0.246. The molecule has 1 saturated heterocycles. The zero-order valence-electron chi connectivity index (χ0n) is 17.7. The van der Waals surface area contributed by atoms with Crippen molar-refractivity contribution in [2.24, 2.45) is 0 Å². The van der Waals surface area contributed by atoms with Gasteiger partial charge < -0.3 is 14.8 Å². The molecule has 6 nitrogen and oxygen atoms in total. The van der Waals surface area contributed by atoms with E-state index in [1.54, 1.807) is 12.1 Å². The van der Waals surface area contributed by atoms with E-state index in [9.17, 15) is 9.18 Å². The number of hydrogen-bond acceptors (Lipinski definition) is 5. The van der Waals surface area contributed by atoms with Crippen LogP contribution >= 0.6 is 0 Å². The van der Waals surface area contributed by atoms with Gasteiger partial charge in [-0.15, -0.1) is 0 Å². The van der Waals surface area contributed by atoms with Gasteiger partial charge in [0, 0.05) is 32.7 Å². The second kappa shape index (κ2) is 11.1. The topological polar surface area (TPSA) is 54.0 Å². The third-order valence-corrected chi connectivity index (χ3v) is 5.10. The Bertz CT molecular complexity index is 823. The number of benzene rings is 2. The Morgan fingerprint density at radius 3 is 2.47 bits per heavy atom. The van der Waals surface area contributed by atoms with Crippen LogP contribution in [0.3, 0.4) is 0 Å². The largest absolute Gasteiger partial charge is 0.494 e. The molecule has 1 amide bonds. The predicted molar refractivity (Wildman–Crippen MR) is 114 cm³/mol. The van der Waals surface area contributed by atoms with Crippen molar-refractivity contribution in [2.45, 2.75) is 19.6 Å². The Morgan fingerprint density at radius 2 is 1.80 bits per heavy atom. The summed E-state index contributed by atoms with van der Waals surface area (Å²) in [4.78, 5) is 16.5. The first kappa shape index (κ1) is 22.2. The molecule has 30 heavy (non-hydrogen) atoms. The van der Waals surface area contributed by atoms with Crippen molar-refractivity contribution in [3.63, 3.8) is 0 Å². The van der Waals surface area contributed by atoms with Crippen LogP contribution in [-0.2, 0) is 29.2 Å². The lowest BCUT2D eigenvalue weighted by Gasteiger charge is -2.26. The number of hydrogen-bond donors (Lipinski definition) is 1. The molecule has 0 bridgehead atoms. The summed E-state index contributed by atoms with van der Waals surface area (Å²) < 4.78 is 24.1. The zero-order chi connectivity index (χ0) is 21.3. The van der Waals surface area contributed by atoms with Crippen molar-refractivity contribution in [3.8, 4) is 5.75 Å². The first-order valence-corrected chi connectivity index (χ1v) is 10.2. The van der Waals surface area contributed by atoms with Gasteiger partial charge in [0.25, 0.3) is 0 Å². The van der Waals surface area contributed by atoms with Gasteiger partial charge in [0.1, 0.15) is 0 Å². The number of methoxy groups -OCH3 is 1. The lowest BCUT2D eigenvalue weighted by Crippen LogP contribution is -2.35. The molecule has 7 heteroatoms. The van der Waals surface area contributed by atoms with Gasteiger partial charge in [-0.1, -0.05) is 30.3 Å². The minimum absolute atomic E-state index is 0.0659. The van der Waals surface area contributed by atoms with Crippen LogP contribution < -0.4 is 10.1 Å². The molecule has 1 aliphatic heterocycles. The van der Waals surface area contributed by atoms with E-state index >= 15 is 0 Å². The maximum Gasteiger partial charge on any atom is 0.234 e. The van der Waals surface area contributed by atoms with Gasteiger partial charge in [0.15, 0.2) is 11.6 Å². The minimum atomic E-state index is -0.398. The summed E-state index contributed by atoms with van der Waals surface area (Å²) in [6, 6.07) is 13.2. The lowest BCUT2D eigenvalue weighted by molar-refractivity contribution is -0.122. The summed E-state index contributed by atoms with van der Waals surface area (Å²) in [5, 5.41) is 2.94. The smallest absolute Gasteiger partial charge is 0.234 e. The van der Waals surface area contributed by atoms with Crippen molar-refractivity contribution in [3.05, 3.63) is 65.0 Å². The van der Waals surface area contributed by atoms with E-state index in [1.807, 2.05) is 11.9 Å². The normalized spacial score (nSPS) is 14.7.